The van der Waals surface area contributed by atoms with E-state index in [0.29, 0.717) is 9.26 Å². The smallest absolute Gasteiger partial charge is 0.411 e. The molecule has 0 unspecified atom stereocenters. The van der Waals surface area contributed by atoms with Crippen molar-refractivity contribution in [3.05, 3.63) is 87.0 Å². The maximum atomic E-state index is 12.5. The number of carboxylic acid groups (broad SMARTS) is 1. The van der Waals surface area contributed by atoms with Crippen LogP contribution in [0, 0.1) is 3.57 Å². The molecule has 1 atom stereocenters. The van der Waals surface area contributed by atoms with Gasteiger partial charge in [-0.2, -0.15) is 0 Å². The summed E-state index contributed by atoms with van der Waals surface area (Å²) in [5.74, 6) is -2.04. The maximum absolute atomic E-state index is 12.5. The lowest BCUT2D eigenvalue weighted by Crippen LogP contribution is -2.43. The highest BCUT2D eigenvalue weighted by molar-refractivity contribution is 14.1. The number of halogens is 1. The molecule has 2 amide bonds. The number of nitrogens with one attached hydrogen (secondary N) is 2. The van der Waals surface area contributed by atoms with E-state index in [1.807, 2.05) is 59.0 Å². The molecule has 4 N–H and O–H groups in total. The molecular formula is C25H21IN2O6. The predicted octanol–water partition coefficient (Wildman–Crippen LogP) is 3.83. The van der Waals surface area contributed by atoms with Gasteiger partial charge in [-0.15, -0.1) is 0 Å². The van der Waals surface area contributed by atoms with Crippen molar-refractivity contribution in [1.82, 2.24) is 5.32 Å². The number of carbonyl (C=O) groups excluding carboxylic acids is 2. The molecule has 0 fully saturated rings. The van der Waals surface area contributed by atoms with E-state index in [1.54, 1.807) is 0 Å². The van der Waals surface area contributed by atoms with Crippen LogP contribution < -0.4 is 10.6 Å². The number of aliphatic hydroxyl groups excluding tert-OH is 1. The highest BCUT2D eigenvalue weighted by atomic mass is 127. The number of carbonyl (C=O) groups is 3. The fraction of sp³-hybridized carbons (Fsp3) is 0.160. The van der Waals surface area contributed by atoms with Crippen molar-refractivity contribution in [1.29, 1.82) is 0 Å². The van der Waals surface area contributed by atoms with Crippen LogP contribution in [-0.2, 0) is 9.53 Å². The molecule has 0 aliphatic heterocycles. The third-order valence-corrected chi connectivity index (χ3v) is 6.49. The molecule has 174 valence electrons. The van der Waals surface area contributed by atoms with E-state index in [2.05, 4.69) is 22.8 Å². The van der Waals surface area contributed by atoms with E-state index >= 15 is 0 Å². The van der Waals surface area contributed by atoms with Crippen LogP contribution in [0.25, 0.3) is 11.1 Å². The summed E-state index contributed by atoms with van der Waals surface area (Å²) in [5.41, 5.74) is 5.16. The summed E-state index contributed by atoms with van der Waals surface area (Å²) in [6, 6.07) is 19.2. The SMILES string of the molecule is O=C(Nc1ccc(C(=O)N[C@@H](CO)C(=O)O)cc1I)OCC1c2ccccc2-c2ccccc21. The van der Waals surface area contributed by atoms with Gasteiger partial charge in [0.25, 0.3) is 5.91 Å². The Morgan fingerprint density at radius 2 is 1.59 bits per heavy atom. The van der Waals surface area contributed by atoms with Gasteiger partial charge in [0.2, 0.25) is 0 Å². The lowest BCUT2D eigenvalue weighted by molar-refractivity contribution is -0.140. The van der Waals surface area contributed by atoms with Crippen molar-refractivity contribution in [2.45, 2.75) is 12.0 Å². The zero-order valence-electron chi connectivity index (χ0n) is 17.8. The van der Waals surface area contributed by atoms with Gasteiger partial charge in [0.1, 0.15) is 6.61 Å². The van der Waals surface area contributed by atoms with Crippen molar-refractivity contribution >= 4 is 46.2 Å². The van der Waals surface area contributed by atoms with Gasteiger partial charge < -0.3 is 20.3 Å². The van der Waals surface area contributed by atoms with Crippen molar-refractivity contribution < 1.29 is 29.3 Å². The van der Waals surface area contributed by atoms with E-state index in [9.17, 15) is 14.4 Å². The molecule has 0 saturated heterocycles. The van der Waals surface area contributed by atoms with Crippen LogP contribution in [0.2, 0.25) is 0 Å². The first-order chi connectivity index (χ1) is 16.4. The minimum Gasteiger partial charge on any atom is -0.480 e. The summed E-state index contributed by atoms with van der Waals surface area (Å²) >= 11 is 1.96. The maximum Gasteiger partial charge on any atom is 0.411 e. The van der Waals surface area contributed by atoms with Gasteiger partial charge in [-0.3, -0.25) is 10.1 Å². The molecule has 34 heavy (non-hydrogen) atoms. The number of amides is 2. The molecule has 0 aromatic heterocycles. The third-order valence-electron chi connectivity index (χ3n) is 5.60. The lowest BCUT2D eigenvalue weighted by Gasteiger charge is -2.15. The first-order valence-electron chi connectivity index (χ1n) is 10.4. The van der Waals surface area contributed by atoms with Crippen LogP contribution in [0.5, 0.6) is 0 Å². The number of hydrogen-bond donors (Lipinski definition) is 4. The molecule has 1 aliphatic rings. The van der Waals surface area contributed by atoms with Crippen molar-refractivity contribution in [2.24, 2.45) is 0 Å². The topological polar surface area (TPSA) is 125 Å². The largest absolute Gasteiger partial charge is 0.480 e. The summed E-state index contributed by atoms with van der Waals surface area (Å²) in [5, 5.41) is 23.0. The normalized spacial score (nSPS) is 12.9. The molecule has 0 saturated carbocycles. The minimum atomic E-state index is -1.40. The Hall–Kier alpha value is -3.44. The van der Waals surface area contributed by atoms with Crippen LogP contribution in [0.4, 0.5) is 10.5 Å². The molecule has 0 bridgehead atoms. The molecule has 0 radical (unpaired) electrons. The molecule has 1 aliphatic carbocycles. The van der Waals surface area contributed by atoms with Gasteiger partial charge in [0, 0.05) is 15.1 Å². The number of carboxylic acids is 1. The van der Waals surface area contributed by atoms with Crippen LogP contribution in [0.3, 0.4) is 0 Å². The van der Waals surface area contributed by atoms with Crippen LogP contribution in [0.15, 0.2) is 66.7 Å². The Kier molecular flexibility index (Phi) is 7.13. The molecule has 9 heteroatoms. The number of fused-ring (bicyclic) bond motifs is 3. The number of ether oxygens (including phenoxy) is 1. The number of anilines is 1. The zero-order valence-corrected chi connectivity index (χ0v) is 20.0. The number of hydrogen-bond acceptors (Lipinski definition) is 5. The van der Waals surface area contributed by atoms with E-state index in [1.165, 1.54) is 18.2 Å². The monoisotopic (exact) mass is 572 g/mol. The van der Waals surface area contributed by atoms with Gasteiger partial charge in [-0.25, -0.2) is 9.59 Å². The lowest BCUT2D eigenvalue weighted by atomic mass is 9.98. The highest BCUT2D eigenvalue weighted by Crippen LogP contribution is 2.44. The molecule has 4 rings (SSSR count). The molecule has 3 aromatic carbocycles. The van der Waals surface area contributed by atoms with Gasteiger partial charge in [-0.05, 0) is 63.0 Å². The average Bonchev–Trinajstić information content (AvgIpc) is 3.16. The molecular weight excluding hydrogens is 551 g/mol. The summed E-state index contributed by atoms with van der Waals surface area (Å²) < 4.78 is 6.11. The summed E-state index contributed by atoms with van der Waals surface area (Å²) in [6.07, 6.45) is -0.622. The number of rotatable bonds is 7. The average molecular weight is 572 g/mol. The Balaban J connectivity index is 1.40. The van der Waals surface area contributed by atoms with E-state index in [4.69, 9.17) is 14.9 Å². The van der Waals surface area contributed by atoms with Gasteiger partial charge in [0.05, 0.1) is 12.3 Å². The molecule has 3 aromatic rings. The minimum absolute atomic E-state index is 0.0583. The predicted molar refractivity (Wildman–Crippen MR) is 134 cm³/mol. The van der Waals surface area contributed by atoms with Crippen molar-refractivity contribution in [3.8, 4) is 11.1 Å². The Bertz CT molecular complexity index is 1220. The number of benzene rings is 3. The van der Waals surface area contributed by atoms with Crippen molar-refractivity contribution in [3.63, 3.8) is 0 Å². The summed E-state index contributed by atoms with van der Waals surface area (Å²) in [7, 11) is 0. The summed E-state index contributed by atoms with van der Waals surface area (Å²) in [6.45, 7) is -0.547. The van der Waals surface area contributed by atoms with E-state index in [0.717, 1.165) is 22.3 Å². The number of aliphatic carboxylic acids is 1. The Labute approximate surface area is 209 Å². The number of aliphatic hydroxyl groups is 1. The van der Waals surface area contributed by atoms with Gasteiger partial charge in [0.15, 0.2) is 6.04 Å². The quantitative estimate of drug-likeness (QED) is 0.319. The highest BCUT2D eigenvalue weighted by Gasteiger charge is 2.29. The third kappa shape index (κ3) is 4.90. The fourth-order valence-corrected chi connectivity index (χ4v) is 4.58. The molecule has 0 heterocycles. The van der Waals surface area contributed by atoms with Gasteiger partial charge in [-0.1, -0.05) is 48.5 Å². The van der Waals surface area contributed by atoms with Crippen LogP contribution in [-0.4, -0.2) is 47.4 Å². The second-order valence-electron chi connectivity index (χ2n) is 7.69. The second kappa shape index (κ2) is 10.2. The van der Waals surface area contributed by atoms with E-state index < -0.39 is 30.6 Å². The van der Waals surface area contributed by atoms with Gasteiger partial charge >= 0.3 is 12.1 Å². The first-order valence-corrected chi connectivity index (χ1v) is 11.5. The first kappa shape index (κ1) is 23.7. The van der Waals surface area contributed by atoms with E-state index in [-0.39, 0.29) is 18.1 Å². The standard InChI is InChI=1S/C25H21IN2O6/c26-20-11-14(23(30)27-22(12-29)24(31)32)9-10-21(20)28-25(33)34-13-19-17-7-3-1-5-15(17)16-6-2-4-8-18(16)19/h1-11,19,22,29H,12-13H2,(H,27,30)(H,28,33)(H,31,32)/t22-/m0/s1. The van der Waals surface area contributed by atoms with Crippen LogP contribution >= 0.6 is 22.6 Å². The zero-order chi connectivity index (χ0) is 24.2. The molecule has 8 nitrogen and oxygen atoms in total. The Morgan fingerprint density at radius 1 is 0.971 bits per heavy atom. The molecule has 0 spiro atoms. The second-order valence-corrected chi connectivity index (χ2v) is 8.85. The van der Waals surface area contributed by atoms with Crippen LogP contribution in [0.1, 0.15) is 27.4 Å². The summed E-state index contributed by atoms with van der Waals surface area (Å²) in [4.78, 5) is 35.8. The Morgan fingerprint density at radius 3 is 2.15 bits per heavy atom. The fourth-order valence-electron chi connectivity index (χ4n) is 3.93. The van der Waals surface area contributed by atoms with Crippen molar-refractivity contribution in [2.75, 3.05) is 18.5 Å².